The molecule has 0 unspecified atom stereocenters. The first-order valence-corrected chi connectivity index (χ1v) is 6.60. The third-order valence-electron chi connectivity index (χ3n) is 3.23. The van der Waals surface area contributed by atoms with Gasteiger partial charge >= 0.3 is 0 Å². The van der Waals surface area contributed by atoms with E-state index < -0.39 is 0 Å². The molecule has 0 aromatic heterocycles. The van der Waals surface area contributed by atoms with E-state index >= 15 is 0 Å². The molecule has 3 heteroatoms. The molecule has 0 saturated heterocycles. The number of hydrogen-bond donors (Lipinski definition) is 2. The van der Waals surface area contributed by atoms with Gasteiger partial charge in [-0.2, -0.15) is 0 Å². The molecule has 108 valence electrons. The van der Waals surface area contributed by atoms with Gasteiger partial charge in [-0.1, -0.05) is 36.4 Å². The molecule has 1 atom stereocenters. The molecule has 0 saturated carbocycles. The smallest absolute Gasteiger partial charge is 0.160 e. The second-order valence-electron chi connectivity index (χ2n) is 4.64. The van der Waals surface area contributed by atoms with E-state index in [1.807, 2.05) is 36.4 Å². The Hall–Kier alpha value is -2.68. The summed E-state index contributed by atoms with van der Waals surface area (Å²) >= 11 is 0. The van der Waals surface area contributed by atoms with Gasteiger partial charge in [-0.15, -0.1) is 6.58 Å². The summed E-state index contributed by atoms with van der Waals surface area (Å²) in [5, 5.41) is 18.9. The Balaban J connectivity index is 2.23. The van der Waals surface area contributed by atoms with E-state index in [1.165, 1.54) is 7.11 Å². The van der Waals surface area contributed by atoms with E-state index in [0.717, 1.165) is 11.1 Å². The van der Waals surface area contributed by atoms with Crippen molar-refractivity contribution >= 4 is 6.08 Å². The lowest BCUT2D eigenvalue weighted by Crippen LogP contribution is -1.92. The predicted octanol–water partition coefficient (Wildman–Crippen LogP) is 4.09. The Morgan fingerprint density at radius 2 is 1.81 bits per heavy atom. The van der Waals surface area contributed by atoms with Gasteiger partial charge in [0.15, 0.2) is 11.5 Å². The minimum Gasteiger partial charge on any atom is -0.508 e. The maximum Gasteiger partial charge on any atom is 0.160 e. The number of aromatic hydroxyl groups is 2. The minimum atomic E-state index is 0.00769. The summed E-state index contributed by atoms with van der Waals surface area (Å²) in [6.45, 7) is 3.85. The molecule has 0 bridgehead atoms. The van der Waals surface area contributed by atoms with Crippen molar-refractivity contribution < 1.29 is 14.9 Å². The first-order chi connectivity index (χ1) is 10.1. The van der Waals surface area contributed by atoms with Crippen molar-refractivity contribution in [3.05, 3.63) is 72.3 Å². The summed E-state index contributed by atoms with van der Waals surface area (Å²) in [4.78, 5) is 0. The molecular weight excluding hydrogens is 264 g/mol. The zero-order valence-corrected chi connectivity index (χ0v) is 11.9. The van der Waals surface area contributed by atoms with Crippen molar-refractivity contribution in [1.29, 1.82) is 0 Å². The predicted molar refractivity (Wildman–Crippen MR) is 84.7 cm³/mol. The van der Waals surface area contributed by atoms with Crippen LogP contribution in [-0.4, -0.2) is 17.3 Å². The van der Waals surface area contributed by atoms with Gasteiger partial charge in [0, 0.05) is 5.92 Å². The lowest BCUT2D eigenvalue weighted by molar-refractivity contribution is 0.373. The second kappa shape index (κ2) is 6.66. The molecular formula is C18H18O3. The molecule has 0 aliphatic carbocycles. The Morgan fingerprint density at radius 1 is 1.10 bits per heavy atom. The van der Waals surface area contributed by atoms with Gasteiger partial charge in [-0.3, -0.25) is 0 Å². The SMILES string of the molecule is C=C[C@@H](/C=C\c1ccc(O)cc1)c1ccc(O)c(OC)c1. The molecule has 0 amide bonds. The monoisotopic (exact) mass is 282 g/mol. The standard InChI is InChI=1S/C18H18O3/c1-3-14(7-4-13-5-9-16(19)10-6-13)15-8-11-17(20)18(12-15)21-2/h3-12,14,19-20H,1H2,2H3/b7-4-/t14-/m0/s1. The van der Waals surface area contributed by atoms with E-state index in [2.05, 4.69) is 6.58 Å². The highest BCUT2D eigenvalue weighted by atomic mass is 16.5. The average Bonchev–Trinajstić information content (AvgIpc) is 2.51. The number of ether oxygens (including phenoxy) is 1. The maximum absolute atomic E-state index is 9.63. The van der Waals surface area contributed by atoms with E-state index in [9.17, 15) is 10.2 Å². The lowest BCUT2D eigenvalue weighted by Gasteiger charge is -2.11. The van der Waals surface area contributed by atoms with Gasteiger partial charge in [0.05, 0.1) is 7.11 Å². The largest absolute Gasteiger partial charge is 0.508 e. The van der Waals surface area contributed by atoms with Gasteiger partial charge in [0.2, 0.25) is 0 Å². The molecule has 2 aromatic rings. The highest BCUT2D eigenvalue weighted by Crippen LogP contribution is 2.30. The normalized spacial score (nSPS) is 12.2. The first-order valence-electron chi connectivity index (χ1n) is 6.60. The lowest BCUT2D eigenvalue weighted by atomic mass is 9.97. The van der Waals surface area contributed by atoms with Crippen LogP contribution in [0.2, 0.25) is 0 Å². The summed E-state index contributed by atoms with van der Waals surface area (Å²) in [5.41, 5.74) is 1.97. The summed E-state index contributed by atoms with van der Waals surface area (Å²) in [5.74, 6) is 0.813. The van der Waals surface area contributed by atoms with Crippen LogP contribution >= 0.6 is 0 Å². The van der Waals surface area contributed by atoms with Gasteiger partial charge in [0.25, 0.3) is 0 Å². The van der Waals surface area contributed by atoms with E-state index in [0.29, 0.717) is 5.75 Å². The molecule has 0 radical (unpaired) electrons. The molecule has 0 aliphatic heterocycles. The molecule has 21 heavy (non-hydrogen) atoms. The van der Waals surface area contributed by atoms with Gasteiger partial charge in [-0.25, -0.2) is 0 Å². The number of methoxy groups -OCH3 is 1. The molecule has 2 N–H and O–H groups in total. The fourth-order valence-electron chi connectivity index (χ4n) is 2.03. The third kappa shape index (κ3) is 3.66. The highest BCUT2D eigenvalue weighted by molar-refractivity contribution is 5.53. The molecule has 2 aromatic carbocycles. The second-order valence-corrected chi connectivity index (χ2v) is 4.64. The number of phenols is 2. The molecule has 2 rings (SSSR count). The minimum absolute atomic E-state index is 0.00769. The van der Waals surface area contributed by atoms with Crippen LogP contribution in [0.25, 0.3) is 6.08 Å². The molecule has 0 fully saturated rings. The number of benzene rings is 2. The molecule has 0 heterocycles. The molecule has 0 aliphatic rings. The van der Waals surface area contributed by atoms with Crippen LogP contribution in [0.4, 0.5) is 0 Å². The summed E-state index contributed by atoms with van der Waals surface area (Å²) < 4.78 is 5.12. The highest BCUT2D eigenvalue weighted by Gasteiger charge is 2.08. The van der Waals surface area contributed by atoms with E-state index in [4.69, 9.17) is 4.74 Å². The summed E-state index contributed by atoms with van der Waals surface area (Å²) in [6.07, 6.45) is 5.79. The zero-order valence-electron chi connectivity index (χ0n) is 11.9. The van der Waals surface area contributed by atoms with E-state index in [1.54, 1.807) is 24.3 Å². The fourth-order valence-corrected chi connectivity index (χ4v) is 2.03. The Labute approximate surface area is 124 Å². The quantitative estimate of drug-likeness (QED) is 0.812. The van der Waals surface area contributed by atoms with Crippen LogP contribution in [0.15, 0.2) is 61.2 Å². The number of rotatable bonds is 5. The maximum atomic E-state index is 9.63. The van der Waals surface area contributed by atoms with Crippen LogP contribution in [0, 0.1) is 0 Å². The van der Waals surface area contributed by atoms with Crippen molar-refractivity contribution in [2.24, 2.45) is 0 Å². The third-order valence-corrected chi connectivity index (χ3v) is 3.23. The van der Waals surface area contributed by atoms with Crippen LogP contribution in [0.5, 0.6) is 17.2 Å². The van der Waals surface area contributed by atoms with Crippen molar-refractivity contribution in [2.45, 2.75) is 5.92 Å². The van der Waals surface area contributed by atoms with E-state index in [-0.39, 0.29) is 17.4 Å². The Morgan fingerprint density at radius 3 is 2.43 bits per heavy atom. The number of hydrogen-bond acceptors (Lipinski definition) is 3. The van der Waals surface area contributed by atoms with Gasteiger partial charge in [0.1, 0.15) is 5.75 Å². The van der Waals surface area contributed by atoms with Crippen LogP contribution in [0.1, 0.15) is 17.0 Å². The number of allylic oxidation sites excluding steroid dienone is 2. The van der Waals surface area contributed by atoms with Gasteiger partial charge in [-0.05, 0) is 35.4 Å². The zero-order chi connectivity index (χ0) is 15.2. The number of phenolic OH excluding ortho intramolecular Hbond substituents is 2. The van der Waals surface area contributed by atoms with Crippen LogP contribution in [0.3, 0.4) is 0 Å². The summed E-state index contributed by atoms with van der Waals surface area (Å²) in [6, 6.07) is 12.2. The average molecular weight is 282 g/mol. The fraction of sp³-hybridized carbons (Fsp3) is 0.111. The van der Waals surface area contributed by atoms with Crippen LogP contribution < -0.4 is 4.74 Å². The first kappa shape index (κ1) is 14.7. The van der Waals surface area contributed by atoms with Crippen molar-refractivity contribution in [3.63, 3.8) is 0 Å². The van der Waals surface area contributed by atoms with Crippen molar-refractivity contribution in [2.75, 3.05) is 7.11 Å². The summed E-state index contributed by atoms with van der Waals surface area (Å²) in [7, 11) is 1.52. The molecule has 3 nitrogen and oxygen atoms in total. The van der Waals surface area contributed by atoms with Crippen molar-refractivity contribution in [3.8, 4) is 17.2 Å². The Kier molecular flexibility index (Phi) is 4.67. The topological polar surface area (TPSA) is 49.7 Å². The molecule has 0 spiro atoms. The van der Waals surface area contributed by atoms with Gasteiger partial charge < -0.3 is 14.9 Å². The van der Waals surface area contributed by atoms with Crippen molar-refractivity contribution in [1.82, 2.24) is 0 Å². The van der Waals surface area contributed by atoms with Crippen LogP contribution in [-0.2, 0) is 0 Å². The Bertz CT molecular complexity index is 642.